The molecule has 0 aromatic heterocycles. The molecule has 2 rings (SSSR count). The number of nitrogens with zero attached hydrogens (tertiary/aromatic N) is 1. The molecule has 22 heavy (non-hydrogen) atoms. The minimum absolute atomic E-state index is 0.146. The van der Waals surface area contributed by atoms with Gasteiger partial charge in [0.15, 0.2) is 0 Å². The van der Waals surface area contributed by atoms with Gasteiger partial charge in [0.25, 0.3) is 0 Å². The lowest BCUT2D eigenvalue weighted by Gasteiger charge is -2.34. The van der Waals surface area contributed by atoms with Gasteiger partial charge >= 0.3 is 6.09 Å². The molecular weight excluding hydrogens is 276 g/mol. The fraction of sp³-hybridized carbons (Fsp3) is 0.944. The van der Waals surface area contributed by atoms with Crippen molar-refractivity contribution in [3.63, 3.8) is 0 Å². The Morgan fingerprint density at radius 1 is 1.18 bits per heavy atom. The van der Waals surface area contributed by atoms with Crippen LogP contribution in [0.5, 0.6) is 0 Å². The molecule has 128 valence electrons. The summed E-state index contributed by atoms with van der Waals surface area (Å²) in [6.45, 7) is 9.85. The zero-order valence-electron chi connectivity index (χ0n) is 14.9. The number of ether oxygens (including phenoxy) is 1. The van der Waals surface area contributed by atoms with Crippen LogP contribution in [-0.4, -0.2) is 41.8 Å². The molecule has 1 saturated carbocycles. The molecule has 1 aliphatic heterocycles. The molecule has 0 spiro atoms. The van der Waals surface area contributed by atoms with Crippen LogP contribution in [0.4, 0.5) is 4.79 Å². The van der Waals surface area contributed by atoms with Crippen LogP contribution in [0.15, 0.2) is 0 Å². The molecule has 1 aliphatic carbocycles. The van der Waals surface area contributed by atoms with Gasteiger partial charge in [-0.1, -0.05) is 26.2 Å². The van der Waals surface area contributed by atoms with Gasteiger partial charge in [0.1, 0.15) is 5.60 Å². The van der Waals surface area contributed by atoms with E-state index in [9.17, 15) is 4.79 Å². The van der Waals surface area contributed by atoms with Gasteiger partial charge in [-0.25, -0.2) is 4.79 Å². The number of hydrogen-bond acceptors (Lipinski definition) is 3. The Balaban J connectivity index is 1.84. The van der Waals surface area contributed by atoms with E-state index in [4.69, 9.17) is 4.74 Å². The molecule has 0 bridgehead atoms. The van der Waals surface area contributed by atoms with E-state index in [0.29, 0.717) is 12.1 Å². The molecule has 4 heteroatoms. The van der Waals surface area contributed by atoms with E-state index >= 15 is 0 Å². The summed E-state index contributed by atoms with van der Waals surface area (Å²) in [6.07, 6.45) is 8.67. The van der Waals surface area contributed by atoms with Gasteiger partial charge in [-0.3, -0.25) is 0 Å². The first-order chi connectivity index (χ1) is 10.4. The summed E-state index contributed by atoms with van der Waals surface area (Å²) in [4.78, 5) is 14.3. The van der Waals surface area contributed by atoms with E-state index in [2.05, 4.69) is 12.2 Å². The zero-order valence-corrected chi connectivity index (χ0v) is 14.9. The third kappa shape index (κ3) is 4.87. The number of amides is 1. The molecule has 1 heterocycles. The topological polar surface area (TPSA) is 41.6 Å². The number of carbonyl (C=O) groups excluding carboxylic acids is 1. The average molecular weight is 310 g/mol. The Bertz CT molecular complexity index is 365. The summed E-state index contributed by atoms with van der Waals surface area (Å²) >= 11 is 0. The van der Waals surface area contributed by atoms with E-state index in [1.54, 1.807) is 0 Å². The summed E-state index contributed by atoms with van der Waals surface area (Å²) < 4.78 is 5.55. The van der Waals surface area contributed by atoms with Gasteiger partial charge in [-0.2, -0.15) is 0 Å². The van der Waals surface area contributed by atoms with Crippen LogP contribution in [0.2, 0.25) is 0 Å². The minimum Gasteiger partial charge on any atom is -0.444 e. The Kier molecular flexibility index (Phi) is 6.13. The van der Waals surface area contributed by atoms with Gasteiger partial charge in [-0.15, -0.1) is 0 Å². The highest BCUT2D eigenvalue weighted by Crippen LogP contribution is 2.27. The quantitative estimate of drug-likeness (QED) is 0.855. The van der Waals surface area contributed by atoms with E-state index in [0.717, 1.165) is 31.8 Å². The molecule has 0 aromatic rings. The van der Waals surface area contributed by atoms with E-state index in [-0.39, 0.29) is 6.09 Å². The number of carbonyl (C=O) groups is 1. The first kappa shape index (κ1) is 17.6. The van der Waals surface area contributed by atoms with Gasteiger partial charge in [0.2, 0.25) is 0 Å². The van der Waals surface area contributed by atoms with Gasteiger partial charge in [0, 0.05) is 25.2 Å². The first-order valence-electron chi connectivity index (χ1n) is 9.13. The standard InChI is InChI=1S/C18H34N2O2/c1-5-14-9-6-7-11-16(14)19-13-15-10-8-12-20(15)17(21)22-18(2,3)4/h14-16,19H,5-13H2,1-4H3. The summed E-state index contributed by atoms with van der Waals surface area (Å²) in [6, 6.07) is 0.939. The number of nitrogens with one attached hydrogen (secondary N) is 1. The Morgan fingerprint density at radius 2 is 1.91 bits per heavy atom. The third-order valence-corrected chi connectivity index (χ3v) is 5.05. The molecule has 4 nitrogen and oxygen atoms in total. The van der Waals surface area contributed by atoms with Crippen LogP contribution in [0, 0.1) is 5.92 Å². The van der Waals surface area contributed by atoms with E-state index in [1.807, 2.05) is 25.7 Å². The van der Waals surface area contributed by atoms with Crippen molar-refractivity contribution in [2.24, 2.45) is 5.92 Å². The zero-order chi connectivity index (χ0) is 16.2. The number of rotatable bonds is 4. The van der Waals surface area contributed by atoms with Crippen molar-refractivity contribution in [3.8, 4) is 0 Å². The molecule has 3 unspecified atom stereocenters. The lowest BCUT2D eigenvalue weighted by Crippen LogP contribution is -2.48. The van der Waals surface area contributed by atoms with E-state index < -0.39 is 5.60 Å². The predicted molar refractivity (Wildman–Crippen MR) is 90.0 cm³/mol. The number of likely N-dealkylation sites (tertiary alicyclic amines) is 1. The summed E-state index contributed by atoms with van der Waals surface area (Å²) in [5, 5.41) is 3.76. The Morgan fingerprint density at radius 3 is 2.59 bits per heavy atom. The van der Waals surface area contributed by atoms with Crippen molar-refractivity contribution in [3.05, 3.63) is 0 Å². The minimum atomic E-state index is -0.408. The smallest absolute Gasteiger partial charge is 0.410 e. The van der Waals surface area contributed by atoms with Gasteiger partial charge < -0.3 is 15.0 Å². The second kappa shape index (κ2) is 7.67. The van der Waals surface area contributed by atoms with Crippen LogP contribution >= 0.6 is 0 Å². The summed E-state index contributed by atoms with van der Waals surface area (Å²) in [5.74, 6) is 0.810. The van der Waals surface area contributed by atoms with E-state index in [1.165, 1.54) is 32.1 Å². The maximum absolute atomic E-state index is 12.3. The molecule has 2 fully saturated rings. The molecule has 1 amide bonds. The molecule has 1 saturated heterocycles. The van der Waals surface area contributed by atoms with Crippen molar-refractivity contribution in [1.82, 2.24) is 10.2 Å². The molecular formula is C18H34N2O2. The summed E-state index contributed by atoms with van der Waals surface area (Å²) in [7, 11) is 0. The van der Waals surface area contributed by atoms with Crippen LogP contribution in [-0.2, 0) is 4.74 Å². The first-order valence-corrected chi connectivity index (χ1v) is 9.13. The average Bonchev–Trinajstić information content (AvgIpc) is 2.92. The maximum Gasteiger partial charge on any atom is 0.410 e. The normalized spacial score (nSPS) is 29.6. The highest BCUT2D eigenvalue weighted by atomic mass is 16.6. The molecule has 1 N–H and O–H groups in total. The molecule has 0 radical (unpaired) electrons. The van der Waals surface area contributed by atoms with Crippen molar-refractivity contribution < 1.29 is 9.53 Å². The molecule has 3 atom stereocenters. The Labute approximate surface area is 136 Å². The van der Waals surface area contributed by atoms with Crippen LogP contribution in [0.1, 0.15) is 72.6 Å². The second-order valence-corrected chi connectivity index (χ2v) is 7.94. The fourth-order valence-corrected chi connectivity index (χ4v) is 3.86. The molecule has 2 aliphatic rings. The Hall–Kier alpha value is -0.770. The van der Waals surface area contributed by atoms with Gasteiger partial charge in [0.05, 0.1) is 0 Å². The van der Waals surface area contributed by atoms with Crippen molar-refractivity contribution in [2.75, 3.05) is 13.1 Å². The highest BCUT2D eigenvalue weighted by molar-refractivity contribution is 5.69. The van der Waals surface area contributed by atoms with Crippen LogP contribution < -0.4 is 5.32 Å². The van der Waals surface area contributed by atoms with Crippen LogP contribution in [0.3, 0.4) is 0 Å². The highest BCUT2D eigenvalue weighted by Gasteiger charge is 2.33. The van der Waals surface area contributed by atoms with Gasteiger partial charge in [-0.05, 0) is 52.4 Å². The monoisotopic (exact) mass is 310 g/mol. The fourth-order valence-electron chi connectivity index (χ4n) is 3.86. The van der Waals surface area contributed by atoms with Crippen molar-refractivity contribution >= 4 is 6.09 Å². The number of hydrogen-bond donors (Lipinski definition) is 1. The largest absolute Gasteiger partial charge is 0.444 e. The predicted octanol–water partition coefficient (Wildman–Crippen LogP) is 3.94. The lowest BCUT2D eigenvalue weighted by atomic mass is 9.83. The SMILES string of the molecule is CCC1CCCCC1NCC1CCCN1C(=O)OC(C)(C)C. The second-order valence-electron chi connectivity index (χ2n) is 7.94. The van der Waals surface area contributed by atoms with Crippen molar-refractivity contribution in [2.45, 2.75) is 90.3 Å². The molecule has 0 aromatic carbocycles. The third-order valence-electron chi connectivity index (χ3n) is 5.05. The van der Waals surface area contributed by atoms with Crippen molar-refractivity contribution in [1.29, 1.82) is 0 Å². The summed E-state index contributed by atoms with van der Waals surface area (Å²) in [5.41, 5.74) is -0.408. The van der Waals surface area contributed by atoms with Crippen LogP contribution in [0.25, 0.3) is 0 Å². The maximum atomic E-state index is 12.3. The lowest BCUT2D eigenvalue weighted by molar-refractivity contribution is 0.0222.